The topological polar surface area (TPSA) is 79.3 Å². The van der Waals surface area contributed by atoms with Gasteiger partial charge in [0.05, 0.1) is 11.4 Å². The highest BCUT2D eigenvalue weighted by molar-refractivity contribution is 6.30. The van der Waals surface area contributed by atoms with E-state index in [4.69, 9.17) is 16.6 Å². The van der Waals surface area contributed by atoms with Gasteiger partial charge in [0.25, 0.3) is 11.5 Å². The van der Waals surface area contributed by atoms with Gasteiger partial charge in [-0.05, 0) is 54.4 Å². The predicted molar refractivity (Wildman–Crippen MR) is 126 cm³/mol. The normalized spacial score (nSPS) is 11.2. The van der Waals surface area contributed by atoms with Gasteiger partial charge in [-0.25, -0.2) is 4.98 Å². The molecule has 0 aliphatic heterocycles. The number of carbonyl (C=O) groups excluding carboxylic acids is 1. The molecule has 0 bridgehead atoms. The molecule has 2 N–H and O–H groups in total. The Morgan fingerprint density at radius 1 is 1.03 bits per heavy atom. The van der Waals surface area contributed by atoms with Crippen molar-refractivity contribution in [2.45, 2.75) is 6.42 Å². The number of hydrogen-bond acceptors (Lipinski definition) is 3. The first kappa shape index (κ1) is 20.0. The molecule has 0 saturated heterocycles. The van der Waals surface area contributed by atoms with Gasteiger partial charge in [-0.2, -0.15) is 0 Å². The summed E-state index contributed by atoms with van der Waals surface area (Å²) in [6.07, 6.45) is 2.28. The fourth-order valence-corrected chi connectivity index (χ4v) is 3.99. The van der Waals surface area contributed by atoms with Crippen molar-refractivity contribution in [3.8, 4) is 11.4 Å². The SMILES string of the molecule is O=C(NCCc1c(-c2cc(=O)n3ccccc3n2)[nH]c2ccccc12)c1ccc(Cl)cc1. The molecule has 7 heteroatoms. The fraction of sp³-hybridized carbons (Fsp3) is 0.0800. The number of aromatic nitrogens is 3. The van der Waals surface area contributed by atoms with Crippen LogP contribution in [0.2, 0.25) is 5.02 Å². The van der Waals surface area contributed by atoms with Crippen LogP contribution in [0.15, 0.2) is 83.8 Å². The zero-order valence-corrected chi connectivity index (χ0v) is 17.8. The van der Waals surface area contributed by atoms with Crippen LogP contribution in [0.25, 0.3) is 27.9 Å². The number of hydrogen-bond donors (Lipinski definition) is 2. The van der Waals surface area contributed by atoms with E-state index >= 15 is 0 Å². The van der Waals surface area contributed by atoms with Crippen molar-refractivity contribution < 1.29 is 4.79 Å². The van der Waals surface area contributed by atoms with Crippen molar-refractivity contribution >= 4 is 34.1 Å². The smallest absolute Gasteiger partial charge is 0.258 e. The van der Waals surface area contributed by atoms with Gasteiger partial charge >= 0.3 is 0 Å². The lowest BCUT2D eigenvalue weighted by molar-refractivity contribution is 0.0954. The largest absolute Gasteiger partial charge is 0.353 e. The number of nitrogens with one attached hydrogen (secondary N) is 2. The first-order chi connectivity index (χ1) is 15.6. The maximum absolute atomic E-state index is 12.6. The minimum absolute atomic E-state index is 0.147. The second-order valence-electron chi connectivity index (χ2n) is 7.45. The number of para-hydroxylation sites is 1. The van der Waals surface area contributed by atoms with E-state index in [2.05, 4.69) is 10.3 Å². The van der Waals surface area contributed by atoms with E-state index < -0.39 is 0 Å². The minimum atomic E-state index is -0.162. The summed E-state index contributed by atoms with van der Waals surface area (Å²) in [5.74, 6) is -0.162. The Balaban J connectivity index is 1.48. The molecule has 0 fully saturated rings. The zero-order chi connectivity index (χ0) is 22.1. The molecule has 5 rings (SSSR count). The van der Waals surface area contributed by atoms with Gasteiger partial charge in [-0.1, -0.05) is 35.9 Å². The number of pyridine rings is 1. The molecule has 0 atom stereocenters. The van der Waals surface area contributed by atoms with Crippen molar-refractivity contribution in [1.29, 1.82) is 0 Å². The molecule has 32 heavy (non-hydrogen) atoms. The number of fused-ring (bicyclic) bond motifs is 2. The van der Waals surface area contributed by atoms with Crippen molar-refractivity contribution in [1.82, 2.24) is 19.7 Å². The highest BCUT2D eigenvalue weighted by Gasteiger charge is 2.16. The maximum Gasteiger partial charge on any atom is 0.258 e. The lowest BCUT2D eigenvalue weighted by atomic mass is 10.1. The van der Waals surface area contributed by atoms with Gasteiger partial charge in [0.2, 0.25) is 0 Å². The summed E-state index contributed by atoms with van der Waals surface area (Å²) in [4.78, 5) is 33.2. The van der Waals surface area contributed by atoms with Crippen LogP contribution in [0.3, 0.4) is 0 Å². The molecule has 0 aliphatic rings. The Bertz CT molecular complexity index is 1500. The average Bonchev–Trinajstić information content (AvgIpc) is 3.18. The van der Waals surface area contributed by atoms with E-state index in [1.54, 1.807) is 42.6 Å². The number of aromatic amines is 1. The third kappa shape index (κ3) is 3.76. The third-order valence-electron chi connectivity index (χ3n) is 5.41. The molecule has 0 radical (unpaired) electrons. The van der Waals surface area contributed by atoms with E-state index in [0.29, 0.717) is 34.9 Å². The second kappa shape index (κ2) is 8.32. The Hall–Kier alpha value is -3.90. The maximum atomic E-state index is 12.6. The Labute approximate surface area is 188 Å². The molecular formula is C25H19ClN4O2. The van der Waals surface area contributed by atoms with Gasteiger partial charge in [-0.15, -0.1) is 0 Å². The van der Waals surface area contributed by atoms with Crippen LogP contribution in [0.4, 0.5) is 0 Å². The summed E-state index contributed by atoms with van der Waals surface area (Å²) in [6, 6.07) is 21.7. The first-order valence-corrected chi connectivity index (χ1v) is 10.6. The summed E-state index contributed by atoms with van der Waals surface area (Å²) in [7, 11) is 0. The monoisotopic (exact) mass is 442 g/mol. The second-order valence-corrected chi connectivity index (χ2v) is 7.88. The van der Waals surface area contributed by atoms with Crippen molar-refractivity contribution in [2.75, 3.05) is 6.54 Å². The summed E-state index contributed by atoms with van der Waals surface area (Å²) in [6.45, 7) is 0.433. The fourth-order valence-electron chi connectivity index (χ4n) is 3.86. The summed E-state index contributed by atoms with van der Waals surface area (Å²) < 4.78 is 1.51. The molecule has 5 aromatic rings. The molecule has 1 amide bonds. The summed E-state index contributed by atoms with van der Waals surface area (Å²) in [5.41, 5.74) is 4.31. The van der Waals surface area contributed by atoms with Crippen molar-refractivity contribution in [3.05, 3.63) is 105 Å². The number of amides is 1. The van der Waals surface area contributed by atoms with Crippen molar-refractivity contribution in [3.63, 3.8) is 0 Å². The number of halogens is 1. The highest BCUT2D eigenvalue weighted by atomic mass is 35.5. The summed E-state index contributed by atoms with van der Waals surface area (Å²) >= 11 is 5.90. The van der Waals surface area contributed by atoms with E-state index in [0.717, 1.165) is 22.2 Å². The van der Waals surface area contributed by atoms with E-state index in [-0.39, 0.29) is 11.5 Å². The number of H-pyrrole nitrogens is 1. The van der Waals surface area contributed by atoms with Gasteiger partial charge in [0.1, 0.15) is 5.65 Å². The lowest BCUT2D eigenvalue weighted by Crippen LogP contribution is -2.25. The lowest BCUT2D eigenvalue weighted by Gasteiger charge is -2.08. The molecule has 6 nitrogen and oxygen atoms in total. The zero-order valence-electron chi connectivity index (χ0n) is 17.0. The number of carbonyl (C=O) groups is 1. The molecule has 0 spiro atoms. The number of benzene rings is 2. The van der Waals surface area contributed by atoms with Crippen molar-refractivity contribution in [2.24, 2.45) is 0 Å². The quantitative estimate of drug-likeness (QED) is 0.421. The van der Waals surface area contributed by atoms with Gasteiger partial charge in [-0.3, -0.25) is 14.0 Å². The first-order valence-electron chi connectivity index (χ1n) is 10.2. The standard InChI is InChI=1S/C25H19ClN4O2/c26-17-10-8-16(9-11-17)25(32)27-13-12-19-18-5-1-2-6-20(18)29-24(19)21-15-23(31)30-14-4-3-7-22(30)28-21/h1-11,14-15,29H,12-13H2,(H,27,32). The number of nitrogens with zero attached hydrogens (tertiary/aromatic N) is 2. The Kier molecular flexibility index (Phi) is 5.21. The third-order valence-corrected chi connectivity index (χ3v) is 5.66. The van der Waals surface area contributed by atoms with E-state index in [1.807, 2.05) is 30.3 Å². The molecule has 158 valence electrons. The van der Waals surface area contributed by atoms with Crippen LogP contribution in [0.1, 0.15) is 15.9 Å². The van der Waals surface area contributed by atoms with Crippen LogP contribution >= 0.6 is 11.6 Å². The average molecular weight is 443 g/mol. The highest BCUT2D eigenvalue weighted by Crippen LogP contribution is 2.29. The van der Waals surface area contributed by atoms with E-state index in [1.165, 1.54) is 10.5 Å². The molecule has 0 aliphatic carbocycles. The molecule has 0 unspecified atom stereocenters. The van der Waals surface area contributed by atoms with Gasteiger partial charge in [0.15, 0.2) is 0 Å². The summed E-state index contributed by atoms with van der Waals surface area (Å²) in [5, 5.41) is 4.59. The van der Waals surface area contributed by atoms with Gasteiger partial charge < -0.3 is 10.3 Å². The van der Waals surface area contributed by atoms with Crippen LogP contribution < -0.4 is 10.9 Å². The van der Waals surface area contributed by atoms with Crippen LogP contribution in [0, 0.1) is 0 Å². The molecular weight excluding hydrogens is 424 g/mol. The van der Waals surface area contributed by atoms with E-state index in [9.17, 15) is 9.59 Å². The van der Waals surface area contributed by atoms with Crippen LogP contribution in [-0.4, -0.2) is 26.8 Å². The Morgan fingerprint density at radius 3 is 2.66 bits per heavy atom. The van der Waals surface area contributed by atoms with Crippen LogP contribution in [-0.2, 0) is 6.42 Å². The predicted octanol–water partition coefficient (Wildman–Crippen LogP) is 4.47. The number of rotatable bonds is 5. The van der Waals surface area contributed by atoms with Crippen LogP contribution in [0.5, 0.6) is 0 Å². The molecule has 3 heterocycles. The van der Waals surface area contributed by atoms with Gasteiger partial charge in [0, 0.05) is 40.3 Å². The molecule has 0 saturated carbocycles. The Morgan fingerprint density at radius 2 is 1.81 bits per heavy atom. The molecule has 2 aromatic carbocycles. The minimum Gasteiger partial charge on any atom is -0.353 e. The molecule has 3 aromatic heterocycles.